The van der Waals surface area contributed by atoms with Gasteiger partial charge in [-0.3, -0.25) is 9.69 Å². The van der Waals surface area contributed by atoms with Crippen molar-refractivity contribution < 1.29 is 9.59 Å². The number of aldehydes is 1. The van der Waals surface area contributed by atoms with Crippen LogP contribution in [0.5, 0.6) is 0 Å². The van der Waals surface area contributed by atoms with Gasteiger partial charge in [-0.2, -0.15) is 0 Å². The molecule has 0 spiro atoms. The van der Waals surface area contributed by atoms with E-state index in [1.165, 1.54) is 5.56 Å². The summed E-state index contributed by atoms with van der Waals surface area (Å²) in [5, 5.41) is 3.13. The minimum atomic E-state index is 0.0403. The fourth-order valence-electron chi connectivity index (χ4n) is 3.17. The molecule has 3 unspecified atom stereocenters. The lowest BCUT2D eigenvalue weighted by molar-refractivity contribution is -0.136. The van der Waals surface area contributed by atoms with Crippen LogP contribution in [0.3, 0.4) is 0 Å². The van der Waals surface area contributed by atoms with Crippen molar-refractivity contribution in [3.05, 3.63) is 35.9 Å². The van der Waals surface area contributed by atoms with Gasteiger partial charge in [0.15, 0.2) is 0 Å². The average molecular weight is 331 g/mol. The van der Waals surface area contributed by atoms with Gasteiger partial charge in [-0.05, 0) is 26.3 Å². The molecule has 3 atom stereocenters. The molecule has 0 aromatic heterocycles. The van der Waals surface area contributed by atoms with Gasteiger partial charge in [0, 0.05) is 44.2 Å². The third-order valence-corrected chi connectivity index (χ3v) is 4.72. The fraction of sp³-hybridized carbons (Fsp3) is 0.579. The number of amides is 1. The second-order valence-corrected chi connectivity index (χ2v) is 6.84. The summed E-state index contributed by atoms with van der Waals surface area (Å²) in [5.41, 5.74) is 1.31. The summed E-state index contributed by atoms with van der Waals surface area (Å²) in [6, 6.07) is 11.0. The molecule has 1 heterocycles. The maximum Gasteiger partial charge on any atom is 0.236 e. The molecule has 0 radical (unpaired) electrons. The molecule has 5 heteroatoms. The summed E-state index contributed by atoms with van der Waals surface area (Å²) in [6.07, 6.45) is 1.32. The lowest BCUT2D eigenvalue weighted by atomic mass is 10.1. The molecule has 1 amide bonds. The lowest BCUT2D eigenvalue weighted by Crippen LogP contribution is -2.59. The Morgan fingerprint density at radius 3 is 2.62 bits per heavy atom. The highest BCUT2D eigenvalue weighted by molar-refractivity contribution is 5.78. The Kier molecular flexibility index (Phi) is 6.94. The van der Waals surface area contributed by atoms with E-state index in [9.17, 15) is 9.59 Å². The largest absolute Gasteiger partial charge is 0.336 e. The van der Waals surface area contributed by atoms with E-state index in [1.54, 1.807) is 0 Å². The Morgan fingerprint density at radius 2 is 1.96 bits per heavy atom. The topological polar surface area (TPSA) is 52.7 Å². The molecule has 0 bridgehead atoms. The van der Waals surface area contributed by atoms with E-state index in [0.29, 0.717) is 19.0 Å². The molecule has 0 saturated carbocycles. The summed E-state index contributed by atoms with van der Waals surface area (Å²) in [7, 11) is 0. The fourth-order valence-corrected chi connectivity index (χ4v) is 3.17. The first-order chi connectivity index (χ1) is 11.5. The van der Waals surface area contributed by atoms with Gasteiger partial charge in [0.05, 0.1) is 6.54 Å². The number of benzene rings is 1. The molecule has 1 aromatic carbocycles. The van der Waals surface area contributed by atoms with Gasteiger partial charge in [0.25, 0.3) is 0 Å². The van der Waals surface area contributed by atoms with Crippen molar-refractivity contribution in [2.45, 2.75) is 51.9 Å². The molecule has 5 nitrogen and oxygen atoms in total. The highest BCUT2D eigenvalue weighted by Gasteiger charge is 2.31. The van der Waals surface area contributed by atoms with Crippen LogP contribution in [0.4, 0.5) is 0 Å². The van der Waals surface area contributed by atoms with Crippen LogP contribution in [0.1, 0.15) is 32.8 Å². The summed E-state index contributed by atoms with van der Waals surface area (Å²) in [6.45, 7) is 9.05. The first kappa shape index (κ1) is 18.6. The zero-order valence-corrected chi connectivity index (χ0v) is 14.9. The molecule has 1 saturated heterocycles. The van der Waals surface area contributed by atoms with E-state index in [2.05, 4.69) is 48.3 Å². The molecule has 1 aromatic rings. The van der Waals surface area contributed by atoms with E-state index in [0.717, 1.165) is 25.9 Å². The van der Waals surface area contributed by atoms with Crippen molar-refractivity contribution in [2.75, 3.05) is 19.6 Å². The quantitative estimate of drug-likeness (QED) is 0.772. The minimum Gasteiger partial charge on any atom is -0.336 e. The smallest absolute Gasteiger partial charge is 0.236 e. The van der Waals surface area contributed by atoms with Crippen LogP contribution in [0.15, 0.2) is 30.3 Å². The molecule has 1 aliphatic rings. The third-order valence-electron chi connectivity index (χ3n) is 4.72. The number of piperazine rings is 1. The Bertz CT molecular complexity index is 535. The van der Waals surface area contributed by atoms with Gasteiger partial charge in [-0.1, -0.05) is 30.3 Å². The predicted octanol–water partition coefficient (Wildman–Crippen LogP) is 1.67. The molecule has 132 valence electrons. The van der Waals surface area contributed by atoms with E-state index < -0.39 is 0 Å². The number of hydrogen-bond donors (Lipinski definition) is 1. The second kappa shape index (κ2) is 8.94. The van der Waals surface area contributed by atoms with Crippen molar-refractivity contribution in [3.63, 3.8) is 0 Å². The predicted molar refractivity (Wildman–Crippen MR) is 95.6 cm³/mol. The Hall–Kier alpha value is -1.72. The molecule has 1 fully saturated rings. The Morgan fingerprint density at radius 1 is 1.25 bits per heavy atom. The summed E-state index contributed by atoms with van der Waals surface area (Å²) < 4.78 is 0. The van der Waals surface area contributed by atoms with Crippen molar-refractivity contribution in [2.24, 2.45) is 0 Å². The Balaban J connectivity index is 1.87. The number of nitrogens with one attached hydrogen (secondary N) is 1. The van der Waals surface area contributed by atoms with Gasteiger partial charge in [-0.15, -0.1) is 0 Å². The van der Waals surface area contributed by atoms with Crippen LogP contribution in [0.25, 0.3) is 0 Å². The Labute approximate surface area is 145 Å². The van der Waals surface area contributed by atoms with Crippen molar-refractivity contribution in [1.29, 1.82) is 0 Å². The van der Waals surface area contributed by atoms with E-state index >= 15 is 0 Å². The SMILES string of the molecule is CC(CC=O)NCC(=O)N1CC(C)N(Cc2ccccc2)CC1C. The highest BCUT2D eigenvalue weighted by Crippen LogP contribution is 2.18. The van der Waals surface area contributed by atoms with Gasteiger partial charge < -0.3 is 15.0 Å². The van der Waals surface area contributed by atoms with E-state index in [-0.39, 0.29) is 18.0 Å². The van der Waals surface area contributed by atoms with Crippen molar-refractivity contribution in [3.8, 4) is 0 Å². The number of nitrogens with zero attached hydrogens (tertiary/aromatic N) is 2. The van der Waals surface area contributed by atoms with Crippen molar-refractivity contribution in [1.82, 2.24) is 15.1 Å². The van der Waals surface area contributed by atoms with Crippen LogP contribution in [-0.2, 0) is 16.1 Å². The zero-order valence-electron chi connectivity index (χ0n) is 14.9. The van der Waals surface area contributed by atoms with E-state index in [1.807, 2.05) is 17.9 Å². The molecule has 1 aliphatic heterocycles. The molecular formula is C19H29N3O2. The molecule has 0 aliphatic carbocycles. The molecule has 1 N–H and O–H groups in total. The first-order valence-electron chi connectivity index (χ1n) is 8.75. The number of rotatable bonds is 7. The van der Waals surface area contributed by atoms with Crippen LogP contribution < -0.4 is 5.32 Å². The van der Waals surface area contributed by atoms with Gasteiger partial charge in [0.2, 0.25) is 5.91 Å². The van der Waals surface area contributed by atoms with Gasteiger partial charge >= 0.3 is 0 Å². The van der Waals surface area contributed by atoms with Crippen LogP contribution in [-0.4, -0.2) is 59.8 Å². The standard InChI is InChI=1S/C19H29N3O2/c1-15(9-10-23)20-11-19(24)22-13-16(2)21(12-17(22)3)14-18-7-5-4-6-8-18/h4-8,10,15-17,20H,9,11-14H2,1-3H3. The van der Waals surface area contributed by atoms with Gasteiger partial charge in [-0.25, -0.2) is 0 Å². The summed E-state index contributed by atoms with van der Waals surface area (Å²) in [4.78, 5) is 27.4. The van der Waals surface area contributed by atoms with E-state index in [4.69, 9.17) is 0 Å². The summed E-state index contributed by atoms with van der Waals surface area (Å²) >= 11 is 0. The number of carbonyl (C=O) groups excluding carboxylic acids is 2. The zero-order chi connectivity index (χ0) is 17.5. The van der Waals surface area contributed by atoms with Gasteiger partial charge in [0.1, 0.15) is 6.29 Å². The third kappa shape index (κ3) is 5.14. The highest BCUT2D eigenvalue weighted by atomic mass is 16.2. The maximum atomic E-state index is 12.5. The molecule has 2 rings (SSSR count). The second-order valence-electron chi connectivity index (χ2n) is 6.84. The minimum absolute atomic E-state index is 0.0403. The number of hydrogen-bond acceptors (Lipinski definition) is 4. The molecule has 24 heavy (non-hydrogen) atoms. The normalized spacial score (nSPS) is 23.0. The van der Waals surface area contributed by atoms with Crippen LogP contribution in [0, 0.1) is 0 Å². The summed E-state index contributed by atoms with van der Waals surface area (Å²) in [5.74, 6) is 0.117. The maximum absolute atomic E-state index is 12.5. The first-order valence-corrected chi connectivity index (χ1v) is 8.75. The van der Waals surface area contributed by atoms with Crippen molar-refractivity contribution >= 4 is 12.2 Å². The monoisotopic (exact) mass is 331 g/mol. The molecular weight excluding hydrogens is 302 g/mol. The average Bonchev–Trinajstić information content (AvgIpc) is 2.57. The number of carbonyl (C=O) groups is 2. The van der Waals surface area contributed by atoms with Crippen LogP contribution in [0.2, 0.25) is 0 Å². The van der Waals surface area contributed by atoms with Crippen LogP contribution >= 0.6 is 0 Å². The lowest BCUT2D eigenvalue weighted by Gasteiger charge is -2.44.